The van der Waals surface area contributed by atoms with E-state index in [4.69, 9.17) is 4.84 Å². The fraction of sp³-hybridized carbons (Fsp3) is 0.167. The second kappa shape index (κ2) is 7.00. The molecule has 0 aliphatic carbocycles. The molecule has 0 spiro atoms. The molecule has 30 heavy (non-hydrogen) atoms. The summed E-state index contributed by atoms with van der Waals surface area (Å²) in [4.78, 5) is 34.0. The average molecular weight is 400 g/mol. The molecule has 2 saturated heterocycles. The molecular formula is C24H20N2O4. The van der Waals surface area contributed by atoms with Crippen molar-refractivity contribution in [2.24, 2.45) is 5.92 Å². The van der Waals surface area contributed by atoms with Gasteiger partial charge in [0.2, 0.25) is 5.91 Å². The lowest BCUT2D eigenvalue weighted by atomic mass is 9.90. The number of amides is 2. The number of phenols is 1. The van der Waals surface area contributed by atoms with E-state index in [0.29, 0.717) is 5.69 Å². The summed E-state index contributed by atoms with van der Waals surface area (Å²) in [6.45, 7) is 1.92. The van der Waals surface area contributed by atoms with Crippen LogP contribution in [0.5, 0.6) is 5.75 Å². The number of carbonyl (C=O) groups excluding carboxylic acids is 2. The largest absolute Gasteiger partial charge is 0.508 e. The van der Waals surface area contributed by atoms with Crippen molar-refractivity contribution in [2.45, 2.75) is 19.1 Å². The molecule has 0 bridgehead atoms. The zero-order valence-electron chi connectivity index (χ0n) is 16.3. The summed E-state index contributed by atoms with van der Waals surface area (Å²) in [6, 6.07) is 22.9. The highest BCUT2D eigenvalue weighted by Gasteiger charge is 2.60. The zero-order chi connectivity index (χ0) is 20.8. The summed E-state index contributed by atoms with van der Waals surface area (Å²) in [5.74, 6) is -1.21. The number of carbonyl (C=O) groups is 2. The number of fused-ring (bicyclic) bond motifs is 1. The number of imide groups is 1. The van der Waals surface area contributed by atoms with Gasteiger partial charge in [-0.1, -0.05) is 42.5 Å². The Kier molecular flexibility index (Phi) is 4.29. The highest BCUT2D eigenvalue weighted by molar-refractivity contribution is 6.23. The van der Waals surface area contributed by atoms with Crippen LogP contribution in [-0.2, 0) is 14.4 Å². The SMILES string of the molecule is Cc1cccc(N2C(=O)[C@H]3[C@@H](ON(c4ccccc4)[C@H]3c3ccc(O)cc3)C2=O)c1. The van der Waals surface area contributed by atoms with Crippen molar-refractivity contribution in [3.63, 3.8) is 0 Å². The Balaban J connectivity index is 1.59. The monoisotopic (exact) mass is 400 g/mol. The molecule has 1 N–H and O–H groups in total. The standard InChI is InChI=1S/C24H20N2O4/c1-15-6-5-9-18(14-15)25-23(28)20-21(16-10-12-19(27)13-11-16)26(30-22(20)24(25)29)17-7-3-2-4-8-17/h2-14,20-22,27H,1H3/t20-,21+,22-/m1/s1. The topological polar surface area (TPSA) is 70.1 Å². The van der Waals surface area contributed by atoms with Crippen molar-refractivity contribution in [3.05, 3.63) is 90.0 Å². The lowest BCUT2D eigenvalue weighted by Gasteiger charge is -2.28. The number of aromatic hydroxyl groups is 1. The van der Waals surface area contributed by atoms with Gasteiger partial charge in [-0.15, -0.1) is 0 Å². The first kappa shape index (κ1) is 18.4. The van der Waals surface area contributed by atoms with Crippen molar-refractivity contribution in [1.82, 2.24) is 0 Å². The normalized spacial score (nSPS) is 23.2. The van der Waals surface area contributed by atoms with Gasteiger partial charge in [0.05, 0.1) is 17.4 Å². The summed E-state index contributed by atoms with van der Waals surface area (Å²) in [6.07, 6.45) is -0.906. The summed E-state index contributed by atoms with van der Waals surface area (Å²) in [5, 5.41) is 11.4. The highest BCUT2D eigenvalue weighted by Crippen LogP contribution is 2.47. The van der Waals surface area contributed by atoms with Crippen LogP contribution in [0.15, 0.2) is 78.9 Å². The maximum Gasteiger partial charge on any atom is 0.266 e. The third-order valence-corrected chi connectivity index (χ3v) is 5.62. The minimum Gasteiger partial charge on any atom is -0.508 e. The molecule has 5 rings (SSSR count). The molecule has 6 nitrogen and oxygen atoms in total. The number of nitrogens with zero attached hydrogens (tertiary/aromatic N) is 2. The molecule has 3 atom stereocenters. The molecule has 2 fully saturated rings. The number of phenolic OH excluding ortho intramolecular Hbond substituents is 1. The predicted molar refractivity (Wildman–Crippen MR) is 112 cm³/mol. The van der Waals surface area contributed by atoms with Crippen LogP contribution in [-0.4, -0.2) is 23.0 Å². The third kappa shape index (κ3) is 2.84. The van der Waals surface area contributed by atoms with Crippen LogP contribution in [0.4, 0.5) is 11.4 Å². The molecule has 2 heterocycles. The Morgan fingerprint density at radius 2 is 1.53 bits per heavy atom. The van der Waals surface area contributed by atoms with Gasteiger partial charge in [0.25, 0.3) is 5.91 Å². The number of para-hydroxylation sites is 1. The molecular weight excluding hydrogens is 380 g/mol. The number of rotatable bonds is 3. The van der Waals surface area contributed by atoms with Gasteiger partial charge in [-0.05, 0) is 54.4 Å². The van der Waals surface area contributed by atoms with Gasteiger partial charge in [-0.3, -0.25) is 14.4 Å². The van der Waals surface area contributed by atoms with E-state index >= 15 is 0 Å². The number of benzene rings is 3. The van der Waals surface area contributed by atoms with Crippen molar-refractivity contribution in [2.75, 3.05) is 9.96 Å². The van der Waals surface area contributed by atoms with Gasteiger partial charge < -0.3 is 5.11 Å². The maximum atomic E-state index is 13.5. The van der Waals surface area contributed by atoms with Crippen LogP contribution in [0.2, 0.25) is 0 Å². The van der Waals surface area contributed by atoms with Crippen LogP contribution in [0, 0.1) is 12.8 Å². The first-order valence-corrected chi connectivity index (χ1v) is 9.79. The minimum atomic E-state index is -0.906. The zero-order valence-corrected chi connectivity index (χ0v) is 16.3. The summed E-state index contributed by atoms with van der Waals surface area (Å²) in [7, 11) is 0. The van der Waals surface area contributed by atoms with Crippen LogP contribution in [0.1, 0.15) is 17.2 Å². The Morgan fingerprint density at radius 1 is 0.833 bits per heavy atom. The van der Waals surface area contributed by atoms with Gasteiger partial charge in [0.1, 0.15) is 11.7 Å². The van der Waals surface area contributed by atoms with Crippen molar-refractivity contribution in [3.8, 4) is 5.75 Å². The molecule has 0 aromatic heterocycles. The molecule has 6 heteroatoms. The molecule has 3 aromatic rings. The molecule has 2 aliphatic rings. The van der Waals surface area contributed by atoms with E-state index in [9.17, 15) is 14.7 Å². The Hall–Kier alpha value is -3.64. The summed E-state index contributed by atoms with van der Waals surface area (Å²) in [5.41, 5.74) is 3.06. The highest BCUT2D eigenvalue weighted by atomic mass is 16.7. The molecule has 0 saturated carbocycles. The first-order chi connectivity index (χ1) is 14.5. The van der Waals surface area contributed by atoms with E-state index < -0.39 is 18.1 Å². The smallest absolute Gasteiger partial charge is 0.266 e. The summed E-state index contributed by atoms with van der Waals surface area (Å²) < 4.78 is 0. The van der Waals surface area contributed by atoms with Crippen LogP contribution >= 0.6 is 0 Å². The van der Waals surface area contributed by atoms with Gasteiger partial charge in [-0.25, -0.2) is 9.96 Å². The maximum absolute atomic E-state index is 13.5. The fourth-order valence-corrected chi connectivity index (χ4v) is 4.25. The van der Waals surface area contributed by atoms with E-state index in [1.54, 1.807) is 35.4 Å². The first-order valence-electron chi connectivity index (χ1n) is 9.79. The quantitative estimate of drug-likeness (QED) is 0.678. The van der Waals surface area contributed by atoms with Crippen molar-refractivity contribution < 1.29 is 19.5 Å². The molecule has 150 valence electrons. The fourth-order valence-electron chi connectivity index (χ4n) is 4.25. The van der Waals surface area contributed by atoms with Crippen molar-refractivity contribution in [1.29, 1.82) is 0 Å². The van der Waals surface area contributed by atoms with Crippen LogP contribution < -0.4 is 9.96 Å². The minimum absolute atomic E-state index is 0.135. The Morgan fingerprint density at radius 3 is 2.23 bits per heavy atom. The number of anilines is 2. The van der Waals surface area contributed by atoms with E-state index in [1.165, 1.54) is 4.90 Å². The molecule has 3 aromatic carbocycles. The third-order valence-electron chi connectivity index (χ3n) is 5.62. The van der Waals surface area contributed by atoms with Gasteiger partial charge in [0.15, 0.2) is 6.10 Å². The number of hydroxylamine groups is 1. The Labute approximate surface area is 173 Å². The van der Waals surface area contributed by atoms with E-state index in [2.05, 4.69) is 0 Å². The van der Waals surface area contributed by atoms with Crippen LogP contribution in [0.25, 0.3) is 0 Å². The molecule has 2 amide bonds. The van der Waals surface area contributed by atoms with Crippen molar-refractivity contribution >= 4 is 23.2 Å². The average Bonchev–Trinajstić information content (AvgIpc) is 3.26. The number of hydrogen-bond donors (Lipinski definition) is 1. The molecule has 0 unspecified atom stereocenters. The van der Waals surface area contributed by atoms with E-state index in [0.717, 1.165) is 16.8 Å². The second-order valence-corrected chi connectivity index (χ2v) is 7.60. The number of hydrogen-bond acceptors (Lipinski definition) is 5. The lowest BCUT2D eigenvalue weighted by molar-refractivity contribution is -0.126. The predicted octanol–water partition coefficient (Wildman–Crippen LogP) is 3.75. The molecule has 2 aliphatic heterocycles. The number of aryl methyl sites for hydroxylation is 1. The van der Waals surface area contributed by atoms with E-state index in [-0.39, 0.29) is 17.6 Å². The summed E-state index contributed by atoms with van der Waals surface area (Å²) >= 11 is 0. The van der Waals surface area contributed by atoms with E-state index in [1.807, 2.05) is 55.5 Å². The Bertz CT molecular complexity index is 1110. The molecule has 0 radical (unpaired) electrons. The van der Waals surface area contributed by atoms with Gasteiger partial charge in [0, 0.05) is 0 Å². The van der Waals surface area contributed by atoms with Gasteiger partial charge in [-0.2, -0.15) is 0 Å². The van der Waals surface area contributed by atoms with Crippen LogP contribution in [0.3, 0.4) is 0 Å². The lowest BCUT2D eigenvalue weighted by Crippen LogP contribution is -2.37. The van der Waals surface area contributed by atoms with Gasteiger partial charge >= 0.3 is 0 Å². The second-order valence-electron chi connectivity index (χ2n) is 7.60.